The highest BCUT2D eigenvalue weighted by Gasteiger charge is 2.35. The second-order valence-corrected chi connectivity index (χ2v) is 6.76. The SMILES string of the molecule is C[C@H](N)C(=O)N1CCCC1CN(Cc1ccccc1)C1CC1. The Hall–Kier alpha value is -1.39. The summed E-state index contributed by atoms with van der Waals surface area (Å²) in [5.41, 5.74) is 7.16. The molecule has 1 aliphatic heterocycles. The highest BCUT2D eigenvalue weighted by molar-refractivity contribution is 5.81. The number of rotatable bonds is 6. The number of nitrogens with two attached hydrogens (primary N) is 1. The molecule has 1 aromatic rings. The monoisotopic (exact) mass is 301 g/mol. The fourth-order valence-corrected chi connectivity index (χ4v) is 3.45. The Balaban J connectivity index is 1.64. The molecule has 0 bridgehead atoms. The summed E-state index contributed by atoms with van der Waals surface area (Å²) in [6, 6.07) is 11.3. The van der Waals surface area contributed by atoms with Crippen molar-refractivity contribution in [3.05, 3.63) is 35.9 Å². The van der Waals surface area contributed by atoms with Crippen LogP contribution in [0, 0.1) is 0 Å². The largest absolute Gasteiger partial charge is 0.337 e. The molecule has 2 atom stereocenters. The van der Waals surface area contributed by atoms with Crippen molar-refractivity contribution >= 4 is 5.91 Å². The Labute approximate surface area is 133 Å². The molecule has 2 aliphatic rings. The normalized spacial score (nSPS) is 23.0. The summed E-state index contributed by atoms with van der Waals surface area (Å²) in [7, 11) is 0. The number of likely N-dealkylation sites (tertiary alicyclic amines) is 1. The zero-order valence-corrected chi connectivity index (χ0v) is 13.4. The van der Waals surface area contributed by atoms with Gasteiger partial charge in [-0.15, -0.1) is 0 Å². The van der Waals surface area contributed by atoms with E-state index in [1.54, 1.807) is 6.92 Å². The van der Waals surface area contributed by atoms with Gasteiger partial charge in [-0.1, -0.05) is 30.3 Å². The van der Waals surface area contributed by atoms with E-state index in [0.717, 1.165) is 32.5 Å². The van der Waals surface area contributed by atoms with Gasteiger partial charge in [0.25, 0.3) is 0 Å². The second kappa shape index (κ2) is 6.80. The minimum Gasteiger partial charge on any atom is -0.337 e. The Morgan fingerprint density at radius 1 is 1.32 bits per heavy atom. The third kappa shape index (κ3) is 3.68. The first-order valence-electron chi connectivity index (χ1n) is 8.49. The number of hydrogen-bond donors (Lipinski definition) is 1. The van der Waals surface area contributed by atoms with Crippen LogP contribution in [0.15, 0.2) is 30.3 Å². The Bertz CT molecular complexity index is 498. The maximum atomic E-state index is 12.3. The van der Waals surface area contributed by atoms with Gasteiger partial charge in [0, 0.05) is 31.7 Å². The summed E-state index contributed by atoms with van der Waals surface area (Å²) in [6.07, 6.45) is 4.80. The zero-order chi connectivity index (χ0) is 15.5. The minimum absolute atomic E-state index is 0.109. The first-order chi connectivity index (χ1) is 10.6. The van der Waals surface area contributed by atoms with Crippen molar-refractivity contribution < 1.29 is 4.79 Å². The number of hydrogen-bond acceptors (Lipinski definition) is 3. The van der Waals surface area contributed by atoms with Crippen LogP contribution in [0.1, 0.15) is 38.2 Å². The zero-order valence-electron chi connectivity index (χ0n) is 13.4. The second-order valence-electron chi connectivity index (χ2n) is 6.76. The van der Waals surface area contributed by atoms with Gasteiger partial charge in [-0.05, 0) is 38.2 Å². The number of amides is 1. The van der Waals surface area contributed by atoms with Gasteiger partial charge in [0.2, 0.25) is 5.91 Å². The number of carbonyl (C=O) groups excluding carboxylic acids is 1. The van der Waals surface area contributed by atoms with E-state index < -0.39 is 0 Å². The van der Waals surface area contributed by atoms with E-state index in [4.69, 9.17) is 5.73 Å². The Morgan fingerprint density at radius 2 is 2.05 bits per heavy atom. The van der Waals surface area contributed by atoms with Gasteiger partial charge in [0.05, 0.1) is 6.04 Å². The van der Waals surface area contributed by atoms with E-state index in [2.05, 4.69) is 35.2 Å². The number of nitrogens with zero attached hydrogens (tertiary/aromatic N) is 2. The highest BCUT2D eigenvalue weighted by atomic mass is 16.2. The first kappa shape index (κ1) is 15.5. The Morgan fingerprint density at radius 3 is 2.68 bits per heavy atom. The molecule has 1 amide bonds. The summed E-state index contributed by atoms with van der Waals surface area (Å²) >= 11 is 0. The molecular formula is C18H27N3O. The summed E-state index contributed by atoms with van der Waals surface area (Å²) in [4.78, 5) is 16.8. The molecule has 0 spiro atoms. The van der Waals surface area contributed by atoms with Crippen LogP contribution in [0.5, 0.6) is 0 Å². The molecule has 2 fully saturated rings. The van der Waals surface area contributed by atoms with Crippen molar-refractivity contribution in [2.45, 2.75) is 57.3 Å². The van der Waals surface area contributed by atoms with Crippen molar-refractivity contribution in [1.82, 2.24) is 9.80 Å². The number of carbonyl (C=O) groups is 1. The standard InChI is InChI=1S/C18H27N3O/c1-14(19)18(22)21-11-5-8-17(21)13-20(16-9-10-16)12-15-6-3-2-4-7-15/h2-4,6-7,14,16-17H,5,8-13,19H2,1H3/t14-,17?/m0/s1. The molecule has 1 aromatic carbocycles. The molecule has 120 valence electrons. The third-order valence-corrected chi connectivity index (χ3v) is 4.79. The van der Waals surface area contributed by atoms with Crippen LogP contribution in [0.2, 0.25) is 0 Å². The van der Waals surface area contributed by atoms with Crippen LogP contribution in [-0.2, 0) is 11.3 Å². The lowest BCUT2D eigenvalue weighted by Gasteiger charge is -2.32. The average Bonchev–Trinajstić information content (AvgIpc) is 3.27. The molecule has 1 unspecified atom stereocenters. The quantitative estimate of drug-likeness (QED) is 0.874. The lowest BCUT2D eigenvalue weighted by Crippen LogP contribution is -2.48. The van der Waals surface area contributed by atoms with Crippen LogP contribution < -0.4 is 5.73 Å². The topological polar surface area (TPSA) is 49.6 Å². The lowest BCUT2D eigenvalue weighted by atomic mass is 10.1. The summed E-state index contributed by atoms with van der Waals surface area (Å²) < 4.78 is 0. The molecular weight excluding hydrogens is 274 g/mol. The van der Waals surface area contributed by atoms with Gasteiger partial charge in [-0.25, -0.2) is 0 Å². The first-order valence-corrected chi connectivity index (χ1v) is 8.49. The maximum Gasteiger partial charge on any atom is 0.239 e. The van der Waals surface area contributed by atoms with Crippen LogP contribution >= 0.6 is 0 Å². The summed E-state index contributed by atoms with van der Waals surface area (Å²) in [5, 5.41) is 0. The molecule has 0 aromatic heterocycles. The molecule has 22 heavy (non-hydrogen) atoms. The van der Waals surface area contributed by atoms with Crippen molar-refractivity contribution in [1.29, 1.82) is 0 Å². The van der Waals surface area contributed by atoms with Crippen molar-refractivity contribution in [2.24, 2.45) is 5.73 Å². The van der Waals surface area contributed by atoms with Gasteiger partial charge in [-0.2, -0.15) is 0 Å². The lowest BCUT2D eigenvalue weighted by molar-refractivity contribution is -0.133. The summed E-state index contributed by atoms with van der Waals surface area (Å²) in [6.45, 7) is 4.63. The minimum atomic E-state index is -0.385. The maximum absolute atomic E-state index is 12.3. The number of benzene rings is 1. The van der Waals surface area contributed by atoms with Crippen LogP contribution in [0.4, 0.5) is 0 Å². The van der Waals surface area contributed by atoms with Crippen LogP contribution in [-0.4, -0.2) is 46.9 Å². The van der Waals surface area contributed by atoms with Crippen LogP contribution in [0.25, 0.3) is 0 Å². The smallest absolute Gasteiger partial charge is 0.239 e. The van der Waals surface area contributed by atoms with E-state index in [1.165, 1.54) is 18.4 Å². The molecule has 1 heterocycles. The van der Waals surface area contributed by atoms with E-state index in [-0.39, 0.29) is 11.9 Å². The van der Waals surface area contributed by atoms with E-state index in [9.17, 15) is 4.79 Å². The van der Waals surface area contributed by atoms with Gasteiger partial charge in [-0.3, -0.25) is 9.69 Å². The Kier molecular flexibility index (Phi) is 4.79. The van der Waals surface area contributed by atoms with Gasteiger partial charge >= 0.3 is 0 Å². The van der Waals surface area contributed by atoms with E-state index in [1.807, 2.05) is 4.90 Å². The predicted molar refractivity (Wildman–Crippen MR) is 88.3 cm³/mol. The van der Waals surface area contributed by atoms with Crippen molar-refractivity contribution in [3.63, 3.8) is 0 Å². The predicted octanol–water partition coefficient (Wildman–Crippen LogP) is 1.99. The molecule has 1 aliphatic carbocycles. The average molecular weight is 301 g/mol. The third-order valence-electron chi connectivity index (χ3n) is 4.79. The molecule has 3 rings (SSSR count). The highest BCUT2D eigenvalue weighted by Crippen LogP contribution is 2.30. The molecule has 1 saturated carbocycles. The molecule has 2 N–H and O–H groups in total. The van der Waals surface area contributed by atoms with Crippen molar-refractivity contribution in [3.8, 4) is 0 Å². The van der Waals surface area contributed by atoms with Gasteiger partial charge in [0.15, 0.2) is 0 Å². The molecule has 0 radical (unpaired) electrons. The van der Waals surface area contributed by atoms with E-state index in [0.29, 0.717) is 12.1 Å². The summed E-state index contributed by atoms with van der Waals surface area (Å²) in [5.74, 6) is 0.109. The van der Waals surface area contributed by atoms with Crippen molar-refractivity contribution in [2.75, 3.05) is 13.1 Å². The molecule has 4 nitrogen and oxygen atoms in total. The van der Waals surface area contributed by atoms with Gasteiger partial charge < -0.3 is 10.6 Å². The fraction of sp³-hybridized carbons (Fsp3) is 0.611. The molecule has 1 saturated heterocycles. The van der Waals surface area contributed by atoms with Gasteiger partial charge in [0.1, 0.15) is 0 Å². The van der Waals surface area contributed by atoms with Crippen LogP contribution in [0.3, 0.4) is 0 Å². The van der Waals surface area contributed by atoms with E-state index >= 15 is 0 Å². The molecule has 4 heteroatoms. The fourth-order valence-electron chi connectivity index (χ4n) is 3.45.